The van der Waals surface area contributed by atoms with Gasteiger partial charge in [-0.05, 0) is 25.5 Å². The topological polar surface area (TPSA) is 17.1 Å². The maximum Gasteiger partial charge on any atom is 0.137 e. The summed E-state index contributed by atoms with van der Waals surface area (Å²) in [5.41, 5.74) is 1.17. The van der Waals surface area contributed by atoms with Gasteiger partial charge in [0.15, 0.2) is 0 Å². The largest absolute Gasteiger partial charge is 0.299 e. The van der Waals surface area contributed by atoms with Gasteiger partial charge >= 0.3 is 0 Å². The van der Waals surface area contributed by atoms with Crippen LogP contribution >= 0.6 is 11.8 Å². The normalized spacial score (nSPS) is 34.7. The molecule has 1 saturated carbocycles. The van der Waals surface area contributed by atoms with Crippen molar-refractivity contribution in [3.05, 3.63) is 12.2 Å². The minimum Gasteiger partial charge on any atom is -0.299 e. The van der Waals surface area contributed by atoms with E-state index in [0.717, 1.165) is 6.42 Å². The number of Topliss-reactive ketones (excluding diaryl/α,β-unsaturated/α-hetero) is 1. The molecule has 0 heterocycles. The molecule has 74 valence electrons. The molecule has 1 aliphatic rings. The first-order valence-corrected chi connectivity index (χ1v) is 6.06. The molecule has 13 heavy (non-hydrogen) atoms. The number of carbonyl (C=O) groups excluding carboxylic acids is 1. The number of rotatable bonds is 2. The second-order valence-corrected chi connectivity index (χ2v) is 5.09. The Balaban J connectivity index is 2.69. The molecule has 0 aromatic heterocycles. The van der Waals surface area contributed by atoms with Gasteiger partial charge in [0, 0.05) is 17.6 Å². The van der Waals surface area contributed by atoms with Gasteiger partial charge in [-0.3, -0.25) is 4.79 Å². The average molecular weight is 198 g/mol. The highest BCUT2D eigenvalue weighted by molar-refractivity contribution is 7.99. The molecule has 0 radical (unpaired) electrons. The molecule has 0 aromatic rings. The fourth-order valence-corrected chi connectivity index (χ4v) is 2.86. The van der Waals surface area contributed by atoms with Crippen molar-refractivity contribution < 1.29 is 4.79 Å². The predicted molar refractivity (Wildman–Crippen MR) is 59.0 cm³/mol. The van der Waals surface area contributed by atoms with Crippen molar-refractivity contribution in [1.82, 2.24) is 0 Å². The smallest absolute Gasteiger partial charge is 0.137 e. The minimum absolute atomic E-state index is 0.241. The molecule has 0 N–H and O–H groups in total. The van der Waals surface area contributed by atoms with E-state index in [4.69, 9.17) is 0 Å². The summed E-state index contributed by atoms with van der Waals surface area (Å²) in [5.74, 6) is 1.09. The van der Waals surface area contributed by atoms with Crippen molar-refractivity contribution >= 4 is 17.5 Å². The van der Waals surface area contributed by atoms with Crippen molar-refractivity contribution in [2.45, 2.75) is 31.9 Å². The van der Waals surface area contributed by atoms with Crippen LogP contribution in [0.5, 0.6) is 0 Å². The van der Waals surface area contributed by atoms with E-state index < -0.39 is 0 Å². The van der Waals surface area contributed by atoms with Crippen LogP contribution in [-0.4, -0.2) is 17.3 Å². The Morgan fingerprint density at radius 1 is 1.62 bits per heavy atom. The van der Waals surface area contributed by atoms with Crippen LogP contribution in [0.3, 0.4) is 0 Å². The van der Waals surface area contributed by atoms with Crippen molar-refractivity contribution in [3.63, 3.8) is 0 Å². The monoisotopic (exact) mass is 198 g/mol. The van der Waals surface area contributed by atoms with Crippen molar-refractivity contribution in [2.75, 3.05) is 6.26 Å². The number of thioether (sulfide) groups is 1. The van der Waals surface area contributed by atoms with Gasteiger partial charge < -0.3 is 0 Å². The van der Waals surface area contributed by atoms with Crippen LogP contribution in [0.25, 0.3) is 0 Å². The third-order valence-electron chi connectivity index (χ3n) is 3.03. The Kier molecular flexibility index (Phi) is 3.60. The van der Waals surface area contributed by atoms with Crippen LogP contribution < -0.4 is 0 Å². The molecule has 2 heteroatoms. The van der Waals surface area contributed by atoms with E-state index in [1.165, 1.54) is 5.57 Å². The SMILES string of the molecule is C=C(C)C1CC(=O)C(C)C(SC)C1. The second-order valence-electron chi connectivity index (χ2n) is 4.01. The number of hydrogen-bond donors (Lipinski definition) is 0. The molecule has 0 saturated heterocycles. The van der Waals surface area contributed by atoms with Crippen molar-refractivity contribution in [2.24, 2.45) is 11.8 Å². The van der Waals surface area contributed by atoms with Crippen molar-refractivity contribution in [1.29, 1.82) is 0 Å². The first-order valence-electron chi connectivity index (χ1n) is 4.77. The van der Waals surface area contributed by atoms with Crippen LogP contribution in [0.2, 0.25) is 0 Å². The first kappa shape index (κ1) is 10.8. The number of ketones is 1. The second kappa shape index (κ2) is 4.32. The molecule has 0 aromatic carbocycles. The maximum absolute atomic E-state index is 11.6. The molecule has 1 fully saturated rings. The minimum atomic E-state index is 0.241. The predicted octanol–water partition coefficient (Wildman–Crippen LogP) is 2.91. The van der Waals surface area contributed by atoms with E-state index in [2.05, 4.69) is 19.8 Å². The third-order valence-corrected chi connectivity index (χ3v) is 4.24. The van der Waals surface area contributed by atoms with Crippen molar-refractivity contribution in [3.8, 4) is 0 Å². The molecular formula is C11H18OS. The van der Waals surface area contributed by atoms with Gasteiger partial charge in [0.2, 0.25) is 0 Å². The molecule has 0 amide bonds. The van der Waals surface area contributed by atoms with E-state index in [0.29, 0.717) is 23.4 Å². The fourth-order valence-electron chi connectivity index (χ4n) is 1.88. The highest BCUT2D eigenvalue weighted by atomic mass is 32.2. The summed E-state index contributed by atoms with van der Waals surface area (Å²) in [5, 5.41) is 0.503. The van der Waals surface area contributed by atoms with Gasteiger partial charge in [-0.1, -0.05) is 19.1 Å². The highest BCUT2D eigenvalue weighted by Gasteiger charge is 2.33. The number of allylic oxidation sites excluding steroid dienone is 1. The lowest BCUT2D eigenvalue weighted by molar-refractivity contribution is -0.124. The number of hydrogen-bond acceptors (Lipinski definition) is 2. The standard InChI is InChI=1S/C11H18OS/c1-7(2)9-5-10(12)8(3)11(6-9)13-4/h8-9,11H,1,5-6H2,2-4H3. The molecule has 3 atom stereocenters. The zero-order valence-corrected chi connectivity index (χ0v) is 9.49. The highest BCUT2D eigenvalue weighted by Crippen LogP contribution is 2.35. The van der Waals surface area contributed by atoms with Crippen LogP contribution in [0.4, 0.5) is 0 Å². The Bertz CT molecular complexity index is 222. The Labute approximate surface area is 85.0 Å². The molecule has 1 aliphatic carbocycles. The van der Waals surface area contributed by atoms with Crippen LogP contribution in [0, 0.1) is 11.8 Å². The summed E-state index contributed by atoms with van der Waals surface area (Å²) in [6.07, 6.45) is 3.94. The summed E-state index contributed by atoms with van der Waals surface area (Å²) in [6.45, 7) is 8.03. The fraction of sp³-hybridized carbons (Fsp3) is 0.727. The van der Waals surface area contributed by atoms with E-state index in [-0.39, 0.29) is 5.92 Å². The van der Waals surface area contributed by atoms with E-state index >= 15 is 0 Å². The van der Waals surface area contributed by atoms with E-state index in [9.17, 15) is 4.79 Å². The summed E-state index contributed by atoms with van der Waals surface area (Å²) in [7, 11) is 0. The molecule has 0 bridgehead atoms. The van der Waals surface area contributed by atoms with E-state index in [1.807, 2.05) is 18.7 Å². The van der Waals surface area contributed by atoms with Crippen LogP contribution in [-0.2, 0) is 4.79 Å². The van der Waals surface area contributed by atoms with Crippen LogP contribution in [0.15, 0.2) is 12.2 Å². The van der Waals surface area contributed by atoms with Gasteiger partial charge in [-0.2, -0.15) is 11.8 Å². The molecular weight excluding hydrogens is 180 g/mol. The Morgan fingerprint density at radius 3 is 2.69 bits per heavy atom. The summed E-state index contributed by atoms with van der Waals surface area (Å²) < 4.78 is 0. The van der Waals surface area contributed by atoms with Gasteiger partial charge in [-0.15, -0.1) is 0 Å². The Morgan fingerprint density at radius 2 is 2.23 bits per heavy atom. The quantitative estimate of drug-likeness (QED) is 0.635. The lowest BCUT2D eigenvalue weighted by Crippen LogP contribution is -2.33. The lowest BCUT2D eigenvalue weighted by Gasteiger charge is -2.32. The molecule has 3 unspecified atom stereocenters. The summed E-state index contributed by atoms with van der Waals surface area (Å²) in [4.78, 5) is 11.6. The Hall–Kier alpha value is -0.240. The van der Waals surface area contributed by atoms with Gasteiger partial charge in [0.25, 0.3) is 0 Å². The molecule has 1 rings (SSSR count). The maximum atomic E-state index is 11.6. The van der Waals surface area contributed by atoms with Gasteiger partial charge in [0.1, 0.15) is 5.78 Å². The zero-order valence-electron chi connectivity index (χ0n) is 8.67. The van der Waals surface area contributed by atoms with Gasteiger partial charge in [0.05, 0.1) is 0 Å². The third kappa shape index (κ3) is 2.37. The average Bonchev–Trinajstić information content (AvgIpc) is 2.09. The lowest BCUT2D eigenvalue weighted by atomic mass is 9.79. The van der Waals surface area contributed by atoms with E-state index in [1.54, 1.807) is 0 Å². The zero-order chi connectivity index (χ0) is 10.0. The molecule has 0 spiro atoms. The summed E-state index contributed by atoms with van der Waals surface area (Å²) in [6, 6.07) is 0. The van der Waals surface area contributed by atoms with Crippen LogP contribution in [0.1, 0.15) is 26.7 Å². The molecule has 1 nitrogen and oxygen atoms in total. The molecule has 0 aliphatic heterocycles. The summed E-state index contributed by atoms with van der Waals surface area (Å²) >= 11 is 1.82. The first-order chi connectivity index (χ1) is 6.06. The number of carbonyl (C=O) groups is 1. The van der Waals surface area contributed by atoms with Gasteiger partial charge in [-0.25, -0.2) is 0 Å².